The summed E-state index contributed by atoms with van der Waals surface area (Å²) in [5.74, 6) is 4.41. The third kappa shape index (κ3) is 4.66. The molecule has 3 rings (SSSR count). The van der Waals surface area contributed by atoms with Crippen LogP contribution < -0.4 is 0 Å². The van der Waals surface area contributed by atoms with E-state index in [2.05, 4.69) is 21.2 Å². The summed E-state index contributed by atoms with van der Waals surface area (Å²) in [4.78, 5) is 16.9. The number of carbonyl (C=O) groups excluding carboxylic acids is 1. The minimum absolute atomic E-state index is 0.167. The Hall–Kier alpha value is -3.30. The molecule has 1 amide bonds. The summed E-state index contributed by atoms with van der Waals surface area (Å²) >= 11 is 0. The summed E-state index contributed by atoms with van der Waals surface area (Å²) in [7, 11) is -2.87. The second kappa shape index (κ2) is 7.94. The number of nitrogens with zero attached hydrogens (tertiary/aromatic N) is 2. The van der Waals surface area contributed by atoms with E-state index in [1.54, 1.807) is 48.5 Å². The zero-order chi connectivity index (χ0) is 19.3. The van der Waals surface area contributed by atoms with Crippen LogP contribution in [-0.4, -0.2) is 21.4 Å². The lowest BCUT2D eigenvalue weighted by atomic mass is 10.1. The first kappa shape index (κ1) is 18.5. The van der Waals surface area contributed by atoms with Crippen LogP contribution >= 0.6 is 0 Å². The van der Waals surface area contributed by atoms with Crippen molar-refractivity contribution in [1.82, 2.24) is 4.98 Å². The van der Waals surface area contributed by atoms with Crippen LogP contribution in [0.3, 0.4) is 0 Å². The largest absolute Gasteiger partial charge is 0.286 e. The van der Waals surface area contributed by atoms with Gasteiger partial charge in [-0.25, -0.2) is 8.60 Å². The van der Waals surface area contributed by atoms with E-state index in [9.17, 15) is 13.4 Å². The van der Waals surface area contributed by atoms with Crippen molar-refractivity contribution >= 4 is 15.6 Å². The Balaban J connectivity index is 1.90. The van der Waals surface area contributed by atoms with Gasteiger partial charge in [-0.15, -0.1) is 0 Å². The number of benzene rings is 2. The highest BCUT2D eigenvalue weighted by atomic mass is 32.2. The van der Waals surface area contributed by atoms with Gasteiger partial charge in [-0.3, -0.25) is 9.78 Å². The monoisotopic (exact) mass is 378 g/mol. The number of pyridine rings is 1. The molecule has 1 heterocycles. The van der Waals surface area contributed by atoms with E-state index in [1.165, 1.54) is 30.8 Å². The minimum Gasteiger partial charge on any atom is -0.266 e. The van der Waals surface area contributed by atoms with E-state index in [0.717, 1.165) is 0 Å². The van der Waals surface area contributed by atoms with Crippen LogP contribution in [0.25, 0.3) is 0 Å². The molecule has 1 atom stereocenters. The number of hydrogen-bond acceptors (Lipinski definition) is 3. The fourth-order valence-electron chi connectivity index (χ4n) is 2.26. The first-order valence-corrected chi connectivity index (χ1v) is 9.91. The van der Waals surface area contributed by atoms with Crippen molar-refractivity contribution in [3.05, 3.63) is 95.6 Å². The molecule has 0 saturated carbocycles. The van der Waals surface area contributed by atoms with Gasteiger partial charge in [0.15, 0.2) is 0 Å². The Labute approximate surface area is 157 Å². The highest BCUT2D eigenvalue weighted by Gasteiger charge is 2.11. The number of rotatable bonds is 2. The van der Waals surface area contributed by atoms with Gasteiger partial charge in [-0.1, -0.05) is 42.2 Å². The van der Waals surface area contributed by atoms with Gasteiger partial charge in [-0.2, -0.15) is 4.36 Å². The third-order valence-corrected chi connectivity index (χ3v) is 5.30. The first-order chi connectivity index (χ1) is 13.0. The van der Waals surface area contributed by atoms with Crippen molar-refractivity contribution in [1.29, 1.82) is 0 Å². The van der Waals surface area contributed by atoms with E-state index in [4.69, 9.17) is 0 Å². The van der Waals surface area contributed by atoms with Crippen molar-refractivity contribution < 1.29 is 13.4 Å². The van der Waals surface area contributed by atoms with Gasteiger partial charge in [0, 0.05) is 29.1 Å². The van der Waals surface area contributed by atoms with E-state index in [-0.39, 0.29) is 11.1 Å². The summed E-state index contributed by atoms with van der Waals surface area (Å²) in [6, 6.07) is 16.2. The average molecular weight is 378 g/mol. The Bertz CT molecular complexity index is 1170. The van der Waals surface area contributed by atoms with Gasteiger partial charge in [0.25, 0.3) is 5.91 Å². The number of hydrogen-bond donors (Lipinski definition) is 0. The lowest BCUT2D eigenvalue weighted by molar-refractivity contribution is 0.100. The molecule has 0 fully saturated rings. The first-order valence-electron chi connectivity index (χ1n) is 7.99. The molecule has 0 radical (unpaired) electrons. The maximum absolute atomic E-state index is 13.6. The molecule has 1 aromatic heterocycles. The molecular formula is C21H15FN2O2S. The molecule has 0 spiro atoms. The van der Waals surface area contributed by atoms with E-state index in [1.807, 2.05) is 0 Å². The van der Waals surface area contributed by atoms with Gasteiger partial charge in [0.05, 0.1) is 20.9 Å². The zero-order valence-electron chi connectivity index (χ0n) is 14.4. The molecule has 2 aromatic carbocycles. The Morgan fingerprint density at radius 1 is 1.04 bits per heavy atom. The Morgan fingerprint density at radius 3 is 2.48 bits per heavy atom. The van der Waals surface area contributed by atoms with Crippen LogP contribution in [0.1, 0.15) is 21.5 Å². The second-order valence-corrected chi connectivity index (χ2v) is 7.96. The number of carbonyl (C=O) groups is 1. The van der Waals surface area contributed by atoms with E-state index >= 15 is 0 Å². The van der Waals surface area contributed by atoms with Gasteiger partial charge in [0.1, 0.15) is 5.82 Å². The lowest BCUT2D eigenvalue weighted by Gasteiger charge is -2.03. The maximum Gasteiger partial charge on any atom is 0.286 e. The summed E-state index contributed by atoms with van der Waals surface area (Å²) in [6.07, 6.45) is 4.21. The molecule has 1 unspecified atom stereocenters. The number of halogens is 1. The van der Waals surface area contributed by atoms with Crippen molar-refractivity contribution in [2.75, 3.05) is 6.26 Å². The molecule has 0 bridgehead atoms. The van der Waals surface area contributed by atoms with Gasteiger partial charge >= 0.3 is 0 Å². The van der Waals surface area contributed by atoms with Gasteiger partial charge in [0.2, 0.25) is 0 Å². The summed E-state index contributed by atoms with van der Waals surface area (Å²) in [6.45, 7) is 0. The lowest BCUT2D eigenvalue weighted by Crippen LogP contribution is -2.04. The molecular weight excluding hydrogens is 363 g/mol. The third-order valence-electron chi connectivity index (χ3n) is 3.64. The fraction of sp³-hybridized carbons (Fsp3) is 0.0476. The van der Waals surface area contributed by atoms with E-state index in [0.29, 0.717) is 10.5 Å². The topological polar surface area (TPSA) is 59.4 Å². The molecule has 134 valence electrons. The molecule has 0 N–H and O–H groups in total. The van der Waals surface area contributed by atoms with Crippen LogP contribution in [0.4, 0.5) is 4.39 Å². The standard InChI is InChI=1S/C21H15FN2O2S/c1-27(26,19-8-3-2-4-9-19)24-21(25)18-13-16(14-23-15-18)11-12-17-7-5-6-10-20(17)22/h2-10,13-15H,1H3. The summed E-state index contributed by atoms with van der Waals surface area (Å²) < 4.78 is 30.2. The second-order valence-electron chi connectivity index (χ2n) is 5.70. The van der Waals surface area contributed by atoms with Gasteiger partial charge < -0.3 is 0 Å². The predicted octanol–water partition coefficient (Wildman–Crippen LogP) is 3.92. The number of amides is 1. The molecule has 6 heteroatoms. The SMILES string of the molecule is CS(=O)(=NC(=O)c1cncc(C#Cc2ccccc2F)c1)c1ccccc1. The molecule has 0 aliphatic heterocycles. The quantitative estimate of drug-likeness (QED) is 0.635. The van der Waals surface area contributed by atoms with Crippen molar-refractivity contribution in [2.45, 2.75) is 4.90 Å². The van der Waals surface area contributed by atoms with Crippen molar-refractivity contribution in [3.8, 4) is 11.8 Å². The fourth-order valence-corrected chi connectivity index (χ4v) is 3.45. The van der Waals surface area contributed by atoms with Crippen LogP contribution in [0.15, 0.2) is 82.3 Å². The number of aromatic nitrogens is 1. The smallest absolute Gasteiger partial charge is 0.266 e. The minimum atomic E-state index is -2.87. The highest BCUT2D eigenvalue weighted by Crippen LogP contribution is 2.13. The molecule has 3 aromatic rings. The van der Waals surface area contributed by atoms with E-state index < -0.39 is 21.5 Å². The maximum atomic E-state index is 13.6. The van der Waals surface area contributed by atoms with Crippen LogP contribution in [0.2, 0.25) is 0 Å². The van der Waals surface area contributed by atoms with Crippen LogP contribution in [-0.2, 0) is 9.73 Å². The summed E-state index contributed by atoms with van der Waals surface area (Å²) in [5, 5.41) is 0. The van der Waals surface area contributed by atoms with Crippen molar-refractivity contribution in [2.24, 2.45) is 4.36 Å². The van der Waals surface area contributed by atoms with Crippen molar-refractivity contribution in [3.63, 3.8) is 0 Å². The zero-order valence-corrected chi connectivity index (χ0v) is 15.2. The van der Waals surface area contributed by atoms with Gasteiger partial charge in [-0.05, 0) is 30.3 Å². The van der Waals surface area contributed by atoms with Crippen LogP contribution in [0, 0.1) is 17.7 Å². The molecule has 0 aliphatic carbocycles. The highest BCUT2D eigenvalue weighted by molar-refractivity contribution is 7.93. The molecule has 0 aliphatic rings. The molecule has 27 heavy (non-hydrogen) atoms. The normalized spacial score (nSPS) is 12.4. The molecule has 0 saturated heterocycles. The Kier molecular flexibility index (Phi) is 5.43. The molecule has 4 nitrogen and oxygen atoms in total. The predicted molar refractivity (Wildman–Crippen MR) is 102 cm³/mol. The summed E-state index contributed by atoms with van der Waals surface area (Å²) in [5.41, 5.74) is 0.849. The Morgan fingerprint density at radius 2 is 1.74 bits per heavy atom. The van der Waals surface area contributed by atoms with Crippen LogP contribution in [0.5, 0.6) is 0 Å². The average Bonchev–Trinajstić information content (AvgIpc) is 2.68.